The molecule has 358 valence electrons. The smallest absolute Gasteiger partial charge is 0.387 e. The van der Waals surface area contributed by atoms with Gasteiger partial charge in [0.15, 0.2) is 35.3 Å². The number of hydrogen-bond acceptors (Lipinski definition) is 13. The Bertz CT molecular complexity index is 2520. The molecule has 9 rings (SSSR count). The molecular weight excluding hydrogens is 962 g/mol. The number of rotatable bonds is 17. The van der Waals surface area contributed by atoms with E-state index in [1.165, 1.54) is 42.5 Å². The fraction of sp³-hybridized carbons (Fsp3) is 0.400. The van der Waals surface area contributed by atoms with Gasteiger partial charge >= 0.3 is 18.6 Å². The summed E-state index contributed by atoms with van der Waals surface area (Å²) in [6.45, 7) is -0.729. The van der Waals surface area contributed by atoms with E-state index in [9.17, 15) is 36.8 Å². The average Bonchev–Trinajstić information content (AvgIpc) is 4.00. The van der Waals surface area contributed by atoms with Gasteiger partial charge in [-0.25, -0.2) is 18.0 Å². The Kier molecular flexibility index (Phi) is 16.5. The van der Waals surface area contributed by atoms with Gasteiger partial charge in [-0.15, -0.1) is 11.8 Å². The predicted octanol–water partition coefficient (Wildman–Crippen LogP) is 6.42. The zero-order valence-electron chi connectivity index (χ0n) is 35.6. The zero-order chi connectivity index (χ0) is 47.8. The number of carbonyl (C=O) groups excluding carboxylic acids is 3. The van der Waals surface area contributed by atoms with Gasteiger partial charge in [0.2, 0.25) is 10.0 Å². The van der Waals surface area contributed by atoms with Gasteiger partial charge in [-0.2, -0.15) is 17.8 Å². The molecule has 16 nitrogen and oxygen atoms in total. The number of nitrogens with zero attached hydrogens (tertiary/aromatic N) is 3. The molecule has 0 radical (unpaired) electrons. The second-order valence-electron chi connectivity index (χ2n) is 16.2. The van der Waals surface area contributed by atoms with Crippen LogP contribution in [-0.4, -0.2) is 104 Å². The highest BCUT2D eigenvalue weighted by Gasteiger charge is 2.43. The SMILES string of the molecule is O=C(NC(C(=O)O[C@H]1CN2CCC1CC2)c1ccccc1)c1cccc(S(=O)(=O)N2CCS[C@H]2C(=O)O[C@@H](Cc2c(Cl)c[n+]([O-])cc2Cl)c2ccc(OC(F)F)c(OCC3CC3)c2)c1.O=CO. The summed E-state index contributed by atoms with van der Waals surface area (Å²) in [5.74, 6) is -1.90. The molecule has 67 heavy (non-hydrogen) atoms. The molecule has 5 fully saturated rings. The van der Waals surface area contributed by atoms with Gasteiger partial charge < -0.3 is 34.6 Å². The minimum atomic E-state index is -4.47. The van der Waals surface area contributed by atoms with Crippen LogP contribution in [0.5, 0.6) is 11.5 Å². The molecule has 2 bridgehead atoms. The largest absolute Gasteiger partial charge is 0.619 e. The number of hydrogen-bond donors (Lipinski definition) is 2. The Morgan fingerprint density at radius 1 is 0.940 bits per heavy atom. The summed E-state index contributed by atoms with van der Waals surface area (Å²) < 4.78 is 79.5. The fourth-order valence-electron chi connectivity index (χ4n) is 8.08. The molecule has 4 aliphatic heterocycles. The van der Waals surface area contributed by atoms with E-state index in [0.29, 0.717) is 16.8 Å². The van der Waals surface area contributed by atoms with Crippen LogP contribution in [0.4, 0.5) is 8.78 Å². The number of carbonyl (C=O) groups is 4. The zero-order valence-corrected chi connectivity index (χ0v) is 38.7. The Morgan fingerprint density at radius 3 is 2.28 bits per heavy atom. The van der Waals surface area contributed by atoms with Crippen molar-refractivity contribution < 1.29 is 65.2 Å². The van der Waals surface area contributed by atoms with Crippen LogP contribution < -0.4 is 19.5 Å². The van der Waals surface area contributed by atoms with E-state index in [4.69, 9.17) is 52.1 Å². The number of carboxylic acid groups (broad SMARTS) is 1. The number of benzene rings is 3. The van der Waals surface area contributed by atoms with Crippen LogP contribution in [0.2, 0.25) is 10.0 Å². The molecule has 5 aliphatic rings. The maximum Gasteiger partial charge on any atom is 0.387 e. The van der Waals surface area contributed by atoms with Crippen LogP contribution in [0.1, 0.15) is 64.9 Å². The number of thioether (sulfide) groups is 1. The van der Waals surface area contributed by atoms with E-state index in [0.717, 1.165) is 67.2 Å². The van der Waals surface area contributed by atoms with E-state index in [2.05, 4.69) is 10.2 Å². The van der Waals surface area contributed by atoms with Crippen molar-refractivity contribution in [1.29, 1.82) is 0 Å². The number of esters is 2. The molecule has 4 atom stereocenters. The number of ether oxygens (including phenoxy) is 4. The minimum Gasteiger partial charge on any atom is -0.619 e. The lowest BCUT2D eigenvalue weighted by Crippen LogP contribution is -2.52. The molecule has 1 amide bonds. The number of halogens is 4. The Hall–Kier alpha value is -5.25. The minimum absolute atomic E-state index is 0.0296. The van der Waals surface area contributed by atoms with Gasteiger partial charge in [0.1, 0.15) is 22.3 Å². The lowest BCUT2D eigenvalue weighted by atomic mass is 9.86. The first-order valence-electron chi connectivity index (χ1n) is 21.2. The summed E-state index contributed by atoms with van der Waals surface area (Å²) in [7, 11) is -4.47. The molecule has 22 heteroatoms. The van der Waals surface area contributed by atoms with Crippen molar-refractivity contribution in [3.8, 4) is 11.5 Å². The molecule has 5 heterocycles. The van der Waals surface area contributed by atoms with Crippen LogP contribution in [-0.2, 0) is 40.3 Å². The average molecular weight is 1010 g/mol. The Labute approximate surface area is 399 Å². The molecule has 1 aromatic heterocycles. The van der Waals surface area contributed by atoms with Crippen molar-refractivity contribution in [3.05, 3.63) is 123 Å². The monoisotopic (exact) mass is 1010 g/mol. The first kappa shape index (κ1) is 49.6. The van der Waals surface area contributed by atoms with Crippen molar-refractivity contribution in [3.63, 3.8) is 0 Å². The number of nitrogens with one attached hydrogen (secondary N) is 1. The highest BCUT2D eigenvalue weighted by molar-refractivity contribution is 8.02. The topological polar surface area (TPSA) is 205 Å². The van der Waals surface area contributed by atoms with Crippen LogP contribution >= 0.6 is 35.0 Å². The van der Waals surface area contributed by atoms with Crippen molar-refractivity contribution in [2.75, 3.05) is 38.5 Å². The summed E-state index contributed by atoms with van der Waals surface area (Å²) in [6.07, 6.45) is 4.03. The number of fused-ring (bicyclic) bond motifs is 3. The van der Waals surface area contributed by atoms with Crippen molar-refractivity contribution in [2.24, 2.45) is 11.8 Å². The highest BCUT2D eigenvalue weighted by atomic mass is 35.5. The van der Waals surface area contributed by atoms with Crippen LogP contribution in [0.3, 0.4) is 0 Å². The van der Waals surface area contributed by atoms with Crippen molar-refractivity contribution in [2.45, 2.75) is 67.2 Å². The number of amides is 1. The second kappa shape index (κ2) is 22.2. The number of sulfonamides is 1. The van der Waals surface area contributed by atoms with E-state index in [1.807, 2.05) is 0 Å². The van der Waals surface area contributed by atoms with Crippen LogP contribution in [0, 0.1) is 17.0 Å². The van der Waals surface area contributed by atoms with Gasteiger partial charge in [0.25, 0.3) is 12.4 Å². The van der Waals surface area contributed by atoms with Crippen LogP contribution in [0.15, 0.2) is 90.1 Å². The number of aromatic nitrogens is 1. The summed E-state index contributed by atoms with van der Waals surface area (Å²) in [4.78, 5) is 52.1. The molecular formula is C45H46Cl2F2N4O12S2. The molecule has 0 spiro atoms. The molecule has 4 aromatic rings. The van der Waals surface area contributed by atoms with Crippen molar-refractivity contribution in [1.82, 2.24) is 14.5 Å². The first-order chi connectivity index (χ1) is 32.1. The molecule has 1 unspecified atom stereocenters. The molecule has 1 saturated carbocycles. The van der Waals surface area contributed by atoms with Crippen molar-refractivity contribution >= 4 is 69.3 Å². The number of pyridine rings is 1. The fourth-order valence-corrected chi connectivity index (χ4v) is 11.8. The number of piperidine rings is 3. The standard InChI is InChI=1S/C44H44Cl2F2N4O10S2.CH2O2/c45-33-22-51(56)23-34(46)32(33)21-36(29-11-12-35(62-44(47)48)37(20-29)59-25-26-9-10-26)60-43(55)41-52(17-18-63-41)64(57,58)31-8-4-7-30(19-31)40(53)49-39(28-5-2-1-3-6-28)42(54)61-38-24-50-15-13-27(38)14-16-50;2-1-3/h1-8,11-12,19-20,22-23,26-27,36,38-39,41,44H,9-10,13-18,21,24-25H2,(H,49,53);1H,(H,2,3)/t36-,38-,39?,41-;/m0./s1. The first-order valence-corrected chi connectivity index (χ1v) is 24.5. The summed E-state index contributed by atoms with van der Waals surface area (Å²) in [5, 5.41) is 20.2. The summed E-state index contributed by atoms with van der Waals surface area (Å²) in [5.41, 5.74) is 0.912. The quantitative estimate of drug-likeness (QED) is 0.0508. The molecule has 1 aliphatic carbocycles. The van der Waals surface area contributed by atoms with E-state index in [-0.39, 0.29) is 92.9 Å². The van der Waals surface area contributed by atoms with Gasteiger partial charge in [-0.05, 0) is 92.1 Å². The third kappa shape index (κ3) is 12.5. The second-order valence-corrected chi connectivity index (χ2v) is 20.1. The lowest BCUT2D eigenvalue weighted by Gasteiger charge is -2.44. The summed E-state index contributed by atoms with van der Waals surface area (Å²) >= 11 is 13.9. The number of alkyl halides is 2. The maximum absolute atomic E-state index is 14.4. The van der Waals surface area contributed by atoms with Gasteiger partial charge in [-0.1, -0.05) is 65.7 Å². The maximum atomic E-state index is 14.4. The van der Waals surface area contributed by atoms with E-state index in [1.54, 1.807) is 30.3 Å². The molecule has 2 N–H and O–H groups in total. The summed E-state index contributed by atoms with van der Waals surface area (Å²) in [6, 6.07) is 16.8. The van der Waals surface area contributed by atoms with Crippen LogP contribution in [0.25, 0.3) is 0 Å². The Morgan fingerprint density at radius 2 is 1.64 bits per heavy atom. The van der Waals surface area contributed by atoms with E-state index < -0.39 is 52.0 Å². The molecule has 3 aromatic carbocycles. The molecule has 4 saturated heterocycles. The third-order valence-electron chi connectivity index (χ3n) is 11.7. The van der Waals surface area contributed by atoms with Gasteiger partial charge in [-0.3, -0.25) is 14.5 Å². The van der Waals surface area contributed by atoms with Gasteiger partial charge in [0.05, 0.1) is 11.5 Å². The highest BCUT2D eigenvalue weighted by Crippen LogP contribution is 2.40. The lowest BCUT2D eigenvalue weighted by molar-refractivity contribution is -0.605. The third-order valence-corrected chi connectivity index (χ3v) is 15.5. The normalized spacial score (nSPS) is 21.0. The van der Waals surface area contributed by atoms with Gasteiger partial charge in [0, 0.05) is 36.4 Å². The predicted molar refractivity (Wildman–Crippen MR) is 240 cm³/mol. The van der Waals surface area contributed by atoms with E-state index >= 15 is 0 Å². The Balaban J connectivity index is 0.00000216.